The van der Waals surface area contributed by atoms with Crippen LogP contribution in [0.2, 0.25) is 0 Å². The number of aromatic nitrogens is 1. The lowest BCUT2D eigenvalue weighted by Crippen LogP contribution is -2.05. The van der Waals surface area contributed by atoms with Gasteiger partial charge in [-0.05, 0) is 49.2 Å². The highest BCUT2D eigenvalue weighted by atomic mass is 19.4. The molecule has 170 valence electrons. The molecule has 0 aliphatic rings. The van der Waals surface area contributed by atoms with Crippen molar-refractivity contribution in [3.05, 3.63) is 70.5 Å². The van der Waals surface area contributed by atoms with Crippen LogP contribution in [0.5, 0.6) is 0 Å². The van der Waals surface area contributed by atoms with Crippen LogP contribution in [-0.4, -0.2) is 4.98 Å². The largest absolute Gasteiger partial charge is 0.418 e. The number of rotatable bonds is 6. The number of azo groups is 1. The Morgan fingerprint density at radius 1 is 1.12 bits per heavy atom. The topological polar surface area (TPSA) is 99.4 Å². The van der Waals surface area contributed by atoms with Crippen LogP contribution < -0.4 is 11.1 Å². The van der Waals surface area contributed by atoms with Gasteiger partial charge >= 0.3 is 6.18 Å². The van der Waals surface area contributed by atoms with E-state index in [-0.39, 0.29) is 28.5 Å². The molecular formula is C23H20F4N6. The lowest BCUT2D eigenvalue weighted by molar-refractivity contribution is -0.137. The van der Waals surface area contributed by atoms with Gasteiger partial charge < -0.3 is 11.1 Å². The average molecular weight is 456 g/mol. The van der Waals surface area contributed by atoms with Crippen LogP contribution in [0, 0.1) is 24.1 Å². The molecule has 1 heterocycles. The van der Waals surface area contributed by atoms with Crippen LogP contribution in [0.1, 0.15) is 35.6 Å². The van der Waals surface area contributed by atoms with E-state index in [0.29, 0.717) is 11.8 Å². The maximum atomic E-state index is 13.3. The molecule has 0 aliphatic heterocycles. The normalized spacial score (nSPS) is 11.5. The molecule has 6 nitrogen and oxygen atoms in total. The Bertz CT molecular complexity index is 1230. The number of benzene rings is 2. The minimum atomic E-state index is -4.83. The maximum Gasteiger partial charge on any atom is 0.418 e. The molecule has 2 aromatic carbocycles. The Balaban J connectivity index is 1.97. The Kier molecular flexibility index (Phi) is 6.92. The number of nitrogens with one attached hydrogen (secondary N) is 1. The molecule has 0 unspecified atom stereocenters. The first kappa shape index (κ1) is 23.7. The van der Waals surface area contributed by atoms with Crippen molar-refractivity contribution in [2.45, 2.75) is 32.9 Å². The van der Waals surface area contributed by atoms with Gasteiger partial charge in [0.05, 0.1) is 16.8 Å². The van der Waals surface area contributed by atoms with Crippen LogP contribution in [0.25, 0.3) is 0 Å². The summed E-state index contributed by atoms with van der Waals surface area (Å²) in [7, 11) is 0. The lowest BCUT2D eigenvalue weighted by atomic mass is 10.1. The van der Waals surface area contributed by atoms with Gasteiger partial charge in [-0.3, -0.25) is 0 Å². The standard InChI is InChI=1S/C23H20F4N6/c1-3-4-14-5-8-16(9-6-14)30-22-17(12-28)13(2)20(21(29)31-22)33-32-19-10-7-15(24)11-18(19)23(25,26)27/h5-11H,3-4H2,1-2H3,(H3,29,30,31). The number of aryl methyl sites for hydroxylation is 1. The van der Waals surface area contributed by atoms with Gasteiger partial charge in [-0.1, -0.05) is 25.5 Å². The van der Waals surface area contributed by atoms with Gasteiger partial charge in [0.15, 0.2) is 11.6 Å². The van der Waals surface area contributed by atoms with E-state index in [9.17, 15) is 22.8 Å². The fourth-order valence-corrected chi connectivity index (χ4v) is 3.18. The van der Waals surface area contributed by atoms with Gasteiger partial charge in [-0.2, -0.15) is 18.4 Å². The van der Waals surface area contributed by atoms with Crippen LogP contribution in [-0.2, 0) is 12.6 Å². The number of hydrogen-bond acceptors (Lipinski definition) is 6. The summed E-state index contributed by atoms with van der Waals surface area (Å²) in [6, 6.07) is 11.7. The van der Waals surface area contributed by atoms with Gasteiger partial charge in [0.25, 0.3) is 0 Å². The summed E-state index contributed by atoms with van der Waals surface area (Å²) in [4.78, 5) is 4.16. The molecule has 0 spiro atoms. The zero-order valence-electron chi connectivity index (χ0n) is 17.8. The van der Waals surface area contributed by atoms with Crippen molar-refractivity contribution < 1.29 is 17.6 Å². The van der Waals surface area contributed by atoms with E-state index in [0.717, 1.165) is 25.0 Å². The molecule has 0 bridgehead atoms. The lowest BCUT2D eigenvalue weighted by Gasteiger charge is -2.13. The summed E-state index contributed by atoms with van der Waals surface area (Å²) in [5, 5.41) is 20.1. The maximum absolute atomic E-state index is 13.3. The van der Waals surface area contributed by atoms with Crippen LogP contribution in [0.3, 0.4) is 0 Å². The SMILES string of the molecule is CCCc1ccc(Nc2nc(N)c(N=Nc3ccc(F)cc3C(F)(F)F)c(C)c2C#N)cc1. The number of alkyl halides is 3. The average Bonchev–Trinajstić information content (AvgIpc) is 2.75. The van der Waals surface area contributed by atoms with Gasteiger partial charge in [0.2, 0.25) is 0 Å². The summed E-state index contributed by atoms with van der Waals surface area (Å²) < 4.78 is 52.9. The molecule has 3 rings (SSSR count). The molecule has 0 amide bonds. The molecule has 0 saturated heterocycles. The minimum Gasteiger partial charge on any atom is -0.382 e. The third-order valence-electron chi connectivity index (χ3n) is 4.83. The van der Waals surface area contributed by atoms with Crippen molar-refractivity contribution >= 4 is 28.7 Å². The molecule has 1 aromatic heterocycles. The van der Waals surface area contributed by atoms with Crippen LogP contribution >= 0.6 is 0 Å². The Hall–Kier alpha value is -4.00. The summed E-state index contributed by atoms with van der Waals surface area (Å²) in [5.41, 5.74) is 6.33. The number of halogens is 4. The Morgan fingerprint density at radius 3 is 2.42 bits per heavy atom. The van der Waals surface area contributed by atoms with Crippen molar-refractivity contribution in [2.75, 3.05) is 11.1 Å². The molecular weight excluding hydrogens is 436 g/mol. The zero-order valence-corrected chi connectivity index (χ0v) is 17.8. The van der Waals surface area contributed by atoms with E-state index in [1.54, 1.807) is 0 Å². The first-order valence-corrected chi connectivity index (χ1v) is 9.98. The highest BCUT2D eigenvalue weighted by Gasteiger charge is 2.34. The van der Waals surface area contributed by atoms with Gasteiger partial charge in [0, 0.05) is 11.3 Å². The number of nitrogens with zero attached hydrogens (tertiary/aromatic N) is 4. The molecule has 0 aliphatic carbocycles. The van der Waals surface area contributed by atoms with Gasteiger partial charge in [0.1, 0.15) is 17.6 Å². The van der Waals surface area contributed by atoms with E-state index in [4.69, 9.17) is 5.73 Å². The molecule has 10 heteroatoms. The Labute approximate surface area is 187 Å². The highest BCUT2D eigenvalue weighted by Crippen LogP contribution is 2.39. The molecule has 0 fully saturated rings. The van der Waals surface area contributed by atoms with Crippen molar-refractivity contribution in [3.8, 4) is 6.07 Å². The zero-order chi connectivity index (χ0) is 24.2. The van der Waals surface area contributed by atoms with E-state index in [1.165, 1.54) is 12.5 Å². The van der Waals surface area contributed by atoms with Crippen LogP contribution in [0.15, 0.2) is 52.7 Å². The van der Waals surface area contributed by atoms with Crippen molar-refractivity contribution in [3.63, 3.8) is 0 Å². The predicted molar refractivity (Wildman–Crippen MR) is 117 cm³/mol. The summed E-state index contributed by atoms with van der Waals surface area (Å²) in [6.07, 6.45) is -2.87. The molecule has 3 N–H and O–H groups in total. The fraction of sp³-hybridized carbons (Fsp3) is 0.217. The van der Waals surface area contributed by atoms with Crippen molar-refractivity contribution in [1.29, 1.82) is 5.26 Å². The number of nitrogens with two attached hydrogens (primary N) is 1. The van der Waals surface area contributed by atoms with Crippen molar-refractivity contribution in [1.82, 2.24) is 4.98 Å². The van der Waals surface area contributed by atoms with Crippen LogP contribution in [0.4, 0.5) is 46.3 Å². The Morgan fingerprint density at radius 2 is 1.82 bits per heavy atom. The van der Waals surface area contributed by atoms with Crippen molar-refractivity contribution in [2.24, 2.45) is 10.2 Å². The fourth-order valence-electron chi connectivity index (χ4n) is 3.18. The third kappa shape index (κ3) is 5.44. The highest BCUT2D eigenvalue weighted by molar-refractivity contribution is 5.75. The van der Waals surface area contributed by atoms with E-state index >= 15 is 0 Å². The number of hydrogen-bond donors (Lipinski definition) is 2. The smallest absolute Gasteiger partial charge is 0.382 e. The first-order valence-electron chi connectivity index (χ1n) is 9.98. The van der Waals surface area contributed by atoms with E-state index < -0.39 is 23.2 Å². The molecule has 3 aromatic rings. The summed E-state index contributed by atoms with van der Waals surface area (Å²) in [5.74, 6) is -0.993. The van der Waals surface area contributed by atoms with Gasteiger partial charge in [-0.25, -0.2) is 9.37 Å². The van der Waals surface area contributed by atoms with E-state index in [1.807, 2.05) is 30.3 Å². The summed E-state index contributed by atoms with van der Waals surface area (Å²) in [6.45, 7) is 3.62. The number of nitriles is 1. The molecule has 33 heavy (non-hydrogen) atoms. The van der Waals surface area contributed by atoms with Gasteiger partial charge in [-0.15, -0.1) is 10.2 Å². The number of nitrogen functional groups attached to an aromatic ring is 1. The monoisotopic (exact) mass is 456 g/mol. The molecule has 0 atom stereocenters. The molecule has 0 radical (unpaired) electrons. The number of pyridine rings is 1. The minimum absolute atomic E-state index is 0.0483. The van der Waals surface area contributed by atoms with E-state index in [2.05, 4.69) is 27.5 Å². The first-order chi connectivity index (χ1) is 15.6. The summed E-state index contributed by atoms with van der Waals surface area (Å²) >= 11 is 0. The molecule has 0 saturated carbocycles. The second-order valence-electron chi connectivity index (χ2n) is 7.24. The second kappa shape index (κ2) is 9.65. The quantitative estimate of drug-likeness (QED) is 0.305. The third-order valence-corrected chi connectivity index (χ3v) is 4.83. The number of anilines is 3. The predicted octanol–water partition coefficient (Wildman–Crippen LogP) is 7.11. The second-order valence-corrected chi connectivity index (χ2v) is 7.24.